The lowest BCUT2D eigenvalue weighted by Crippen LogP contribution is -2.26. The first-order valence-electron chi connectivity index (χ1n) is 30.7. The number of nitrogens with one attached hydrogen (secondary N) is 3. The predicted molar refractivity (Wildman–Crippen MR) is 372 cm³/mol. The highest BCUT2D eigenvalue weighted by molar-refractivity contribution is 6.43. The summed E-state index contributed by atoms with van der Waals surface area (Å²) in [6, 6.07) is 55.8. The SMILES string of the molecule is CCCc1ccc2c(c1)[C@@H](NC)CC[C@H]2c1ccc(Cl)c(Cl)c1.CN(C)C1CCC(c2ccc(C(F)(F)F)cc2)c2ccccc21.CN[C@H]1CC[C@@H](c2ccc(Cl)c(Cl)c2)c2ccc(CN)cc21.CN[C@H]1CC[C@@H](c2ccc(Cl)c(Cl)c2)c2ccccc21.Cl. The molecule has 8 aromatic rings. The summed E-state index contributed by atoms with van der Waals surface area (Å²) in [6.45, 7) is 2.80. The van der Waals surface area contributed by atoms with E-state index in [4.69, 9.17) is 75.3 Å². The van der Waals surface area contributed by atoms with Crippen molar-refractivity contribution >= 4 is 82.0 Å². The van der Waals surface area contributed by atoms with Gasteiger partial charge in [0, 0.05) is 54.4 Å². The summed E-state index contributed by atoms with van der Waals surface area (Å²) < 4.78 is 38.2. The highest BCUT2D eigenvalue weighted by atomic mass is 35.5. The van der Waals surface area contributed by atoms with Crippen molar-refractivity contribution in [2.24, 2.45) is 5.73 Å². The molecule has 472 valence electrons. The largest absolute Gasteiger partial charge is 0.416 e. The minimum Gasteiger partial charge on any atom is -0.326 e. The maximum atomic E-state index is 12.7. The fourth-order valence-corrected chi connectivity index (χ4v) is 14.7. The number of alkyl halides is 3. The molecule has 89 heavy (non-hydrogen) atoms. The maximum absolute atomic E-state index is 12.7. The zero-order valence-electron chi connectivity index (χ0n) is 51.3. The quantitative estimate of drug-likeness (QED) is 0.104. The number of hydrogen-bond acceptors (Lipinski definition) is 5. The molecule has 0 aromatic heterocycles. The molecule has 2 unspecified atom stereocenters. The average molecular weight is 1350 g/mol. The minimum absolute atomic E-state index is 0. The van der Waals surface area contributed by atoms with Crippen LogP contribution < -0.4 is 21.7 Å². The third-order valence-electron chi connectivity index (χ3n) is 18.4. The van der Waals surface area contributed by atoms with Crippen LogP contribution in [0.3, 0.4) is 0 Å². The molecular weight excluding hydrogens is 1260 g/mol. The maximum Gasteiger partial charge on any atom is 0.416 e. The lowest BCUT2D eigenvalue weighted by molar-refractivity contribution is -0.137. The molecular formula is C74H81Cl7F3N5. The summed E-state index contributed by atoms with van der Waals surface area (Å²) in [6.07, 6.45) is 6.73. The molecule has 0 heterocycles. The normalized spacial score (nSPS) is 20.7. The van der Waals surface area contributed by atoms with Gasteiger partial charge in [0.1, 0.15) is 0 Å². The van der Waals surface area contributed by atoms with E-state index in [9.17, 15) is 13.2 Å². The second-order valence-electron chi connectivity index (χ2n) is 23.8. The number of nitrogens with zero attached hydrogens (tertiary/aromatic N) is 1. The standard InChI is InChI=1S/C20H23Cl2N.C19H20F3N.C18H20Cl2N2.C17H17Cl2N.ClH/c1-3-4-13-5-7-16-15(8-10-20(23-2)17(16)11-13)14-6-9-18(21)19(22)12-14;1-23(2)18-12-11-15(16-5-3-4-6-17(16)18)13-7-9-14(10-8-13)19(20,21)22;1-22-18-7-5-13(12-3-6-16(19)17(20)9-12)14-4-2-11(10-21)8-15(14)18;1-20-17-9-7-12(13-4-2-3-5-14(13)17)11-6-8-15(18)16(19)10-11;/h5-7,9,11-12,15,20,23H,3-4,8,10H2,1-2H3;3-10,15,18H,11-12H2,1-2H3;2-4,6,8-9,13,18,22H,5,7,10,21H2,1H3;2-6,8,10,12,17,20H,7,9H2,1H3;1H/t15-,20-;;13-,18-;12-,17-;/m0.00./s1. The van der Waals surface area contributed by atoms with Gasteiger partial charge in [-0.3, -0.25) is 0 Å². The summed E-state index contributed by atoms with van der Waals surface area (Å²) in [5.41, 5.74) is 23.4. The lowest BCUT2D eigenvalue weighted by atomic mass is 9.76. The third kappa shape index (κ3) is 16.8. The monoisotopic (exact) mass is 1340 g/mol. The van der Waals surface area contributed by atoms with E-state index in [0.29, 0.717) is 78.6 Å². The van der Waals surface area contributed by atoms with Crippen LogP contribution in [0.4, 0.5) is 13.2 Å². The molecule has 0 radical (unpaired) electrons. The molecule has 4 aliphatic carbocycles. The van der Waals surface area contributed by atoms with Crippen LogP contribution in [-0.4, -0.2) is 40.1 Å². The molecule has 5 nitrogen and oxygen atoms in total. The van der Waals surface area contributed by atoms with Crippen LogP contribution in [0.1, 0.15) is 196 Å². The Kier molecular flexibility index (Phi) is 25.5. The highest BCUT2D eigenvalue weighted by Crippen LogP contribution is 2.47. The lowest BCUT2D eigenvalue weighted by Gasteiger charge is -2.35. The molecule has 0 spiro atoms. The fraction of sp³-hybridized carbons (Fsp3) is 0.351. The van der Waals surface area contributed by atoms with E-state index in [1.165, 1.54) is 90.9 Å². The Morgan fingerprint density at radius 3 is 1.18 bits per heavy atom. The van der Waals surface area contributed by atoms with E-state index >= 15 is 0 Å². The van der Waals surface area contributed by atoms with Gasteiger partial charge in [-0.15, -0.1) is 12.4 Å². The first kappa shape index (κ1) is 70.3. The van der Waals surface area contributed by atoms with Gasteiger partial charge in [0.25, 0.3) is 0 Å². The van der Waals surface area contributed by atoms with Crippen LogP contribution in [0.25, 0.3) is 0 Å². The van der Waals surface area contributed by atoms with Gasteiger partial charge in [0.15, 0.2) is 0 Å². The summed E-state index contributed by atoms with van der Waals surface area (Å²) in [5, 5.41) is 14.0. The Morgan fingerprint density at radius 1 is 0.416 bits per heavy atom. The van der Waals surface area contributed by atoms with Crippen molar-refractivity contribution in [3.8, 4) is 0 Å². The summed E-state index contributed by atoms with van der Waals surface area (Å²) in [5.74, 6) is 1.34. The van der Waals surface area contributed by atoms with Gasteiger partial charge in [-0.1, -0.05) is 198 Å². The summed E-state index contributed by atoms with van der Waals surface area (Å²) in [7, 11) is 10.2. The molecule has 12 rings (SSSR count). The van der Waals surface area contributed by atoms with Gasteiger partial charge in [-0.25, -0.2) is 0 Å². The average Bonchev–Trinajstić information content (AvgIpc) is 1.71. The van der Waals surface area contributed by atoms with Crippen LogP contribution in [0.15, 0.2) is 164 Å². The molecule has 5 N–H and O–H groups in total. The smallest absolute Gasteiger partial charge is 0.326 e. The van der Waals surface area contributed by atoms with Gasteiger partial charge < -0.3 is 26.6 Å². The first-order valence-corrected chi connectivity index (χ1v) is 33.0. The second kappa shape index (κ2) is 32.3. The van der Waals surface area contributed by atoms with Crippen molar-refractivity contribution < 1.29 is 13.2 Å². The molecule has 4 aliphatic rings. The molecule has 0 aliphatic heterocycles. The van der Waals surface area contributed by atoms with Gasteiger partial charge in [0.05, 0.1) is 35.7 Å². The fourth-order valence-electron chi connectivity index (χ4n) is 13.8. The first-order chi connectivity index (χ1) is 42.3. The number of aryl methyl sites for hydroxylation is 1. The van der Waals surface area contributed by atoms with E-state index in [1.54, 1.807) is 12.1 Å². The van der Waals surface area contributed by atoms with Gasteiger partial charge in [-0.2, -0.15) is 13.2 Å². The number of rotatable bonds is 11. The van der Waals surface area contributed by atoms with E-state index in [2.05, 4.69) is 140 Å². The number of nitrogens with two attached hydrogens (primary N) is 1. The molecule has 0 amide bonds. The molecule has 0 saturated heterocycles. The number of halogens is 10. The Balaban J connectivity index is 0.000000153. The van der Waals surface area contributed by atoms with E-state index in [1.807, 2.05) is 62.6 Å². The minimum atomic E-state index is -4.28. The Labute approximate surface area is 562 Å². The van der Waals surface area contributed by atoms with Crippen LogP contribution >= 0.6 is 82.0 Å². The number of fused-ring (bicyclic) bond motifs is 4. The van der Waals surface area contributed by atoms with Gasteiger partial charge >= 0.3 is 6.18 Å². The van der Waals surface area contributed by atoms with E-state index < -0.39 is 11.7 Å². The Morgan fingerprint density at radius 2 is 0.775 bits per heavy atom. The van der Waals surface area contributed by atoms with Gasteiger partial charge in [0.2, 0.25) is 0 Å². The van der Waals surface area contributed by atoms with Crippen molar-refractivity contribution in [2.75, 3.05) is 35.2 Å². The molecule has 15 heteroatoms. The molecule has 8 atom stereocenters. The van der Waals surface area contributed by atoms with E-state index in [-0.39, 0.29) is 18.3 Å². The van der Waals surface area contributed by atoms with Crippen LogP contribution in [-0.2, 0) is 19.1 Å². The summed E-state index contributed by atoms with van der Waals surface area (Å²) >= 11 is 36.8. The van der Waals surface area contributed by atoms with Crippen molar-refractivity contribution in [1.29, 1.82) is 0 Å². The van der Waals surface area contributed by atoms with Gasteiger partial charge in [-0.05, 0) is 219 Å². The molecule has 0 bridgehead atoms. The molecule has 0 saturated carbocycles. The zero-order chi connectivity index (χ0) is 62.8. The Hall–Kier alpha value is -4.62. The summed E-state index contributed by atoms with van der Waals surface area (Å²) in [4.78, 5) is 2.21. The van der Waals surface area contributed by atoms with E-state index in [0.717, 1.165) is 63.4 Å². The van der Waals surface area contributed by atoms with Crippen LogP contribution in [0, 0.1) is 0 Å². The second-order valence-corrected chi connectivity index (χ2v) is 26.2. The zero-order valence-corrected chi connectivity index (χ0v) is 56.7. The predicted octanol–water partition coefficient (Wildman–Crippen LogP) is 21.6. The van der Waals surface area contributed by atoms with Crippen molar-refractivity contribution in [2.45, 2.75) is 132 Å². The van der Waals surface area contributed by atoms with Crippen molar-refractivity contribution in [3.63, 3.8) is 0 Å². The van der Waals surface area contributed by atoms with Crippen LogP contribution in [0.5, 0.6) is 0 Å². The topological polar surface area (TPSA) is 65.3 Å². The van der Waals surface area contributed by atoms with Crippen LogP contribution in [0.2, 0.25) is 30.1 Å². The number of benzene rings is 8. The van der Waals surface area contributed by atoms with Crippen molar-refractivity contribution in [3.05, 3.63) is 277 Å². The Bertz CT molecular complexity index is 3630. The highest BCUT2D eigenvalue weighted by Gasteiger charge is 2.34. The molecule has 8 aromatic carbocycles. The number of hydrogen-bond donors (Lipinski definition) is 4. The van der Waals surface area contributed by atoms with Crippen molar-refractivity contribution in [1.82, 2.24) is 20.9 Å². The molecule has 0 fully saturated rings. The third-order valence-corrected chi connectivity index (χ3v) is 20.6.